The highest BCUT2D eigenvalue weighted by molar-refractivity contribution is 5.63. The highest BCUT2D eigenvalue weighted by atomic mass is 15.3. The first-order valence-corrected chi connectivity index (χ1v) is 8.61. The third-order valence-electron chi connectivity index (χ3n) is 5.89. The Kier molecular flexibility index (Phi) is 2.73. The van der Waals surface area contributed by atoms with Gasteiger partial charge in [-0.05, 0) is 43.0 Å². The van der Waals surface area contributed by atoms with Gasteiger partial charge in [0.1, 0.15) is 0 Å². The molecule has 22 heavy (non-hydrogen) atoms. The number of benzene rings is 2. The number of rotatable bonds is 1. The third kappa shape index (κ3) is 1.67. The van der Waals surface area contributed by atoms with Gasteiger partial charge in [-0.3, -0.25) is 0 Å². The van der Waals surface area contributed by atoms with Crippen LogP contribution < -0.4 is 9.80 Å². The molecule has 3 atom stereocenters. The Morgan fingerprint density at radius 2 is 1.59 bits per heavy atom. The van der Waals surface area contributed by atoms with Crippen LogP contribution in [-0.4, -0.2) is 19.1 Å². The van der Waals surface area contributed by atoms with Gasteiger partial charge in [-0.15, -0.1) is 0 Å². The monoisotopic (exact) mass is 290 g/mol. The predicted octanol–water partition coefficient (Wildman–Crippen LogP) is 4.24. The van der Waals surface area contributed by atoms with E-state index in [1.807, 2.05) is 0 Å². The first kappa shape index (κ1) is 12.6. The van der Waals surface area contributed by atoms with Gasteiger partial charge in [-0.1, -0.05) is 36.4 Å². The van der Waals surface area contributed by atoms with Gasteiger partial charge in [-0.2, -0.15) is 0 Å². The van der Waals surface area contributed by atoms with Crippen LogP contribution in [0.4, 0.5) is 11.4 Å². The largest absolute Gasteiger partial charge is 0.368 e. The summed E-state index contributed by atoms with van der Waals surface area (Å²) >= 11 is 0. The summed E-state index contributed by atoms with van der Waals surface area (Å²) in [5.74, 6) is 0.789. The molecule has 0 amide bonds. The molecule has 0 N–H and O–H groups in total. The summed E-state index contributed by atoms with van der Waals surface area (Å²) < 4.78 is 0. The van der Waals surface area contributed by atoms with Gasteiger partial charge in [0.2, 0.25) is 0 Å². The topological polar surface area (TPSA) is 6.48 Å². The fourth-order valence-corrected chi connectivity index (χ4v) is 5.06. The number of hydrogen-bond acceptors (Lipinski definition) is 2. The Hall–Kier alpha value is -1.96. The number of anilines is 2. The standard InChI is InChI=1S/C20H22N2/c1-2-7-15(8-3-1)21-14-12-17-19-11-6-13-22(19)18-10-5-4-9-16(18)20(17)21/h1-5,7-10,17,19-20H,6,11-14H2/t17-,19-,20+/m0/s1. The zero-order valence-corrected chi connectivity index (χ0v) is 12.9. The molecule has 2 fully saturated rings. The summed E-state index contributed by atoms with van der Waals surface area (Å²) in [5.41, 5.74) is 4.43. The van der Waals surface area contributed by atoms with Crippen molar-refractivity contribution in [2.24, 2.45) is 5.92 Å². The van der Waals surface area contributed by atoms with Crippen molar-refractivity contribution in [2.45, 2.75) is 31.3 Å². The Bertz CT molecular complexity index is 681. The van der Waals surface area contributed by atoms with E-state index in [-0.39, 0.29) is 0 Å². The Morgan fingerprint density at radius 3 is 2.50 bits per heavy atom. The van der Waals surface area contributed by atoms with E-state index in [0.29, 0.717) is 6.04 Å². The van der Waals surface area contributed by atoms with Crippen molar-refractivity contribution in [2.75, 3.05) is 22.9 Å². The van der Waals surface area contributed by atoms with E-state index in [2.05, 4.69) is 64.4 Å². The molecule has 2 saturated heterocycles. The van der Waals surface area contributed by atoms with Gasteiger partial charge in [0.25, 0.3) is 0 Å². The molecule has 2 heteroatoms. The lowest BCUT2D eigenvalue weighted by Crippen LogP contribution is -2.44. The van der Waals surface area contributed by atoms with Crippen LogP contribution in [0.15, 0.2) is 54.6 Å². The molecule has 0 unspecified atom stereocenters. The Morgan fingerprint density at radius 1 is 0.773 bits per heavy atom. The minimum Gasteiger partial charge on any atom is -0.368 e. The van der Waals surface area contributed by atoms with Crippen LogP contribution in [0.3, 0.4) is 0 Å². The van der Waals surface area contributed by atoms with E-state index in [1.54, 1.807) is 5.56 Å². The second kappa shape index (κ2) is 4.77. The van der Waals surface area contributed by atoms with Crippen LogP contribution in [0, 0.1) is 5.92 Å². The van der Waals surface area contributed by atoms with Gasteiger partial charge < -0.3 is 9.80 Å². The van der Waals surface area contributed by atoms with Crippen molar-refractivity contribution in [3.63, 3.8) is 0 Å². The highest BCUT2D eigenvalue weighted by Gasteiger charge is 2.48. The number of fused-ring (bicyclic) bond motifs is 6. The highest BCUT2D eigenvalue weighted by Crippen LogP contribution is 2.52. The Labute approximate surface area is 132 Å². The van der Waals surface area contributed by atoms with Crippen molar-refractivity contribution >= 4 is 11.4 Å². The molecular formula is C20H22N2. The maximum atomic E-state index is 2.70. The van der Waals surface area contributed by atoms with Crippen LogP contribution in [0.2, 0.25) is 0 Å². The van der Waals surface area contributed by atoms with Gasteiger partial charge in [0.05, 0.1) is 6.04 Å². The third-order valence-corrected chi connectivity index (χ3v) is 5.89. The van der Waals surface area contributed by atoms with E-state index in [9.17, 15) is 0 Å². The van der Waals surface area contributed by atoms with E-state index < -0.39 is 0 Å². The number of para-hydroxylation sites is 2. The molecule has 0 radical (unpaired) electrons. The smallest absolute Gasteiger partial charge is 0.0611 e. The quantitative estimate of drug-likeness (QED) is 0.775. The van der Waals surface area contributed by atoms with Crippen LogP contribution >= 0.6 is 0 Å². The number of hydrogen-bond donors (Lipinski definition) is 0. The summed E-state index contributed by atoms with van der Waals surface area (Å²) in [7, 11) is 0. The van der Waals surface area contributed by atoms with E-state index in [1.165, 1.54) is 43.7 Å². The van der Waals surface area contributed by atoms with Gasteiger partial charge in [0, 0.05) is 36.4 Å². The van der Waals surface area contributed by atoms with Gasteiger partial charge in [-0.25, -0.2) is 0 Å². The van der Waals surface area contributed by atoms with Crippen LogP contribution in [0.5, 0.6) is 0 Å². The van der Waals surface area contributed by atoms with Crippen LogP contribution in [0.25, 0.3) is 0 Å². The second-order valence-corrected chi connectivity index (χ2v) is 6.89. The molecule has 3 aliphatic heterocycles. The molecule has 2 aromatic carbocycles. The van der Waals surface area contributed by atoms with Gasteiger partial charge >= 0.3 is 0 Å². The molecule has 0 aliphatic carbocycles. The average Bonchev–Trinajstić information content (AvgIpc) is 3.23. The maximum Gasteiger partial charge on any atom is 0.0611 e. The summed E-state index contributed by atoms with van der Waals surface area (Å²) in [6.07, 6.45) is 4.06. The summed E-state index contributed by atoms with van der Waals surface area (Å²) in [6, 6.07) is 21.4. The van der Waals surface area contributed by atoms with Crippen molar-refractivity contribution in [1.82, 2.24) is 0 Å². The molecule has 0 spiro atoms. The molecular weight excluding hydrogens is 268 g/mol. The fraction of sp³-hybridized carbons (Fsp3) is 0.400. The second-order valence-electron chi connectivity index (χ2n) is 6.89. The predicted molar refractivity (Wildman–Crippen MR) is 91.4 cm³/mol. The van der Waals surface area contributed by atoms with Crippen LogP contribution in [-0.2, 0) is 0 Å². The lowest BCUT2D eigenvalue weighted by molar-refractivity contribution is 0.374. The van der Waals surface area contributed by atoms with Crippen molar-refractivity contribution in [3.05, 3.63) is 60.2 Å². The van der Waals surface area contributed by atoms with Crippen molar-refractivity contribution < 1.29 is 0 Å². The fourth-order valence-electron chi connectivity index (χ4n) is 5.06. The number of nitrogens with zero attached hydrogens (tertiary/aromatic N) is 2. The van der Waals surface area contributed by atoms with Crippen molar-refractivity contribution in [1.29, 1.82) is 0 Å². The first-order valence-electron chi connectivity index (χ1n) is 8.61. The average molecular weight is 290 g/mol. The van der Waals surface area contributed by atoms with Crippen LogP contribution in [0.1, 0.15) is 30.9 Å². The minimum atomic E-state index is 0.568. The summed E-state index contributed by atoms with van der Waals surface area (Å²) in [6.45, 7) is 2.44. The summed E-state index contributed by atoms with van der Waals surface area (Å²) in [4.78, 5) is 5.35. The zero-order chi connectivity index (χ0) is 14.5. The molecule has 3 aliphatic rings. The van der Waals surface area contributed by atoms with E-state index in [0.717, 1.165) is 12.0 Å². The van der Waals surface area contributed by atoms with Gasteiger partial charge in [0.15, 0.2) is 0 Å². The first-order chi connectivity index (χ1) is 10.9. The lowest BCUT2D eigenvalue weighted by atomic mass is 9.81. The molecule has 0 bridgehead atoms. The maximum absolute atomic E-state index is 2.70. The molecule has 2 nitrogen and oxygen atoms in total. The van der Waals surface area contributed by atoms with E-state index in [4.69, 9.17) is 0 Å². The summed E-state index contributed by atoms with van der Waals surface area (Å²) in [5, 5.41) is 0. The lowest BCUT2D eigenvalue weighted by Gasteiger charge is -2.44. The molecule has 2 aromatic rings. The minimum absolute atomic E-state index is 0.568. The zero-order valence-electron chi connectivity index (χ0n) is 12.9. The molecule has 3 heterocycles. The molecule has 5 rings (SSSR count). The van der Waals surface area contributed by atoms with Crippen molar-refractivity contribution in [3.8, 4) is 0 Å². The SMILES string of the molecule is c1ccc(N2CC[C@@H]3[C@H]2c2ccccc2N2CCC[C@@H]32)cc1. The Balaban J connectivity index is 1.64. The molecule has 112 valence electrons. The molecule has 0 saturated carbocycles. The van der Waals surface area contributed by atoms with E-state index >= 15 is 0 Å². The molecule has 0 aromatic heterocycles. The normalized spacial score (nSPS) is 29.2.